The summed E-state index contributed by atoms with van der Waals surface area (Å²) in [5.41, 5.74) is 0. The van der Waals surface area contributed by atoms with Crippen molar-refractivity contribution in [1.82, 2.24) is 0 Å². The summed E-state index contributed by atoms with van der Waals surface area (Å²) in [6.45, 7) is 0.147. The van der Waals surface area contributed by atoms with Crippen molar-refractivity contribution in [2.45, 2.75) is 0 Å². The quantitative estimate of drug-likeness (QED) is 0.598. The summed E-state index contributed by atoms with van der Waals surface area (Å²) in [6, 6.07) is 5.86. The number of rotatable bonds is 4. The highest BCUT2D eigenvalue weighted by atomic mass is 35.7. The van der Waals surface area contributed by atoms with Crippen LogP contribution in [-0.4, -0.2) is 15.0 Å². The molecule has 0 aliphatic heterocycles. The summed E-state index contributed by atoms with van der Waals surface area (Å²) in [5.74, 6) is 2.93. The van der Waals surface area contributed by atoms with Gasteiger partial charge < -0.3 is 8.92 Å². The molecule has 0 unspecified atom stereocenters. The molecule has 1 aromatic carbocycles. The second-order valence-corrected chi connectivity index (χ2v) is 4.53. The predicted octanol–water partition coefficient (Wildman–Crippen LogP) is 1.56. The molecule has 0 aliphatic rings. The first kappa shape index (κ1) is 11.7. The molecule has 0 saturated carbocycles. The smallest absolute Gasteiger partial charge is 0.401 e. The van der Waals surface area contributed by atoms with Crippen LogP contribution in [0.25, 0.3) is 0 Å². The molecule has 0 radical (unpaired) electrons. The normalized spacial score (nSPS) is 10.4. The lowest BCUT2D eigenvalue weighted by molar-refractivity contribution is 0.370. The Labute approximate surface area is 92.4 Å². The molecule has 4 nitrogen and oxygen atoms in total. The van der Waals surface area contributed by atoms with Crippen LogP contribution in [0.4, 0.5) is 0 Å². The molecule has 0 bridgehead atoms. The summed E-state index contributed by atoms with van der Waals surface area (Å²) in [7, 11) is 0.875. The Morgan fingerprint density at radius 2 is 1.80 bits per heavy atom. The van der Waals surface area contributed by atoms with E-state index in [9.17, 15) is 8.42 Å². The third-order valence-electron chi connectivity index (χ3n) is 1.34. The van der Waals surface area contributed by atoms with Crippen LogP contribution in [0.2, 0.25) is 0 Å². The molecule has 0 aromatic heterocycles. The third kappa shape index (κ3) is 4.58. The van der Waals surface area contributed by atoms with Crippen molar-refractivity contribution in [2.24, 2.45) is 0 Å². The first-order valence-corrected chi connectivity index (χ1v) is 6.05. The maximum atomic E-state index is 10.5. The molecule has 0 fully saturated rings. The van der Waals surface area contributed by atoms with E-state index in [-0.39, 0.29) is 12.4 Å². The zero-order chi connectivity index (χ0) is 11.3. The van der Waals surface area contributed by atoms with Crippen molar-refractivity contribution in [1.29, 1.82) is 0 Å². The summed E-state index contributed by atoms with van der Waals surface area (Å²) in [5, 5.41) is 0. The van der Waals surface area contributed by atoms with Gasteiger partial charge in [0.1, 0.15) is 18.1 Å². The van der Waals surface area contributed by atoms with Crippen LogP contribution in [0.1, 0.15) is 0 Å². The maximum Gasteiger partial charge on any atom is 0.401 e. The van der Waals surface area contributed by atoms with E-state index in [4.69, 9.17) is 21.8 Å². The molecule has 80 valence electrons. The molecule has 0 amide bonds. The highest BCUT2D eigenvalue weighted by molar-refractivity contribution is 8.10. The summed E-state index contributed by atoms with van der Waals surface area (Å²) < 4.78 is 30.6. The van der Waals surface area contributed by atoms with Gasteiger partial charge in [0, 0.05) is 0 Å². The SMILES string of the molecule is C#CCOc1ccc(OS(=O)(=O)Cl)cc1. The molecular formula is C9H7ClO4S. The topological polar surface area (TPSA) is 52.6 Å². The number of ether oxygens (including phenoxy) is 1. The van der Waals surface area contributed by atoms with Gasteiger partial charge in [-0.1, -0.05) is 5.92 Å². The van der Waals surface area contributed by atoms with Gasteiger partial charge >= 0.3 is 9.33 Å². The van der Waals surface area contributed by atoms with Crippen LogP contribution >= 0.6 is 10.7 Å². The molecule has 0 atom stereocenters. The Morgan fingerprint density at radius 1 is 1.27 bits per heavy atom. The van der Waals surface area contributed by atoms with Gasteiger partial charge in [0.05, 0.1) is 10.7 Å². The minimum atomic E-state index is -4.01. The van der Waals surface area contributed by atoms with Crippen LogP contribution in [0.5, 0.6) is 11.5 Å². The second kappa shape index (κ2) is 4.91. The highest BCUT2D eigenvalue weighted by Crippen LogP contribution is 2.19. The Balaban J connectivity index is 2.69. The fourth-order valence-corrected chi connectivity index (χ4v) is 1.39. The first-order chi connectivity index (χ1) is 7.01. The number of hydrogen-bond acceptors (Lipinski definition) is 4. The molecular weight excluding hydrogens is 240 g/mol. The minimum Gasteiger partial charge on any atom is -0.481 e. The van der Waals surface area contributed by atoms with Crippen molar-refractivity contribution in [3.8, 4) is 23.8 Å². The predicted molar refractivity (Wildman–Crippen MR) is 56.2 cm³/mol. The third-order valence-corrected chi connectivity index (χ3v) is 1.92. The molecule has 6 heteroatoms. The van der Waals surface area contributed by atoms with Crippen LogP contribution in [0.3, 0.4) is 0 Å². The average Bonchev–Trinajstić information content (AvgIpc) is 2.14. The van der Waals surface area contributed by atoms with Crippen molar-refractivity contribution >= 4 is 20.0 Å². The Kier molecular flexibility index (Phi) is 3.83. The Bertz CT molecular complexity index is 458. The van der Waals surface area contributed by atoms with Gasteiger partial charge in [-0.2, -0.15) is 8.42 Å². The minimum absolute atomic E-state index is 0.109. The summed E-state index contributed by atoms with van der Waals surface area (Å²) >= 11 is 0. The lowest BCUT2D eigenvalue weighted by atomic mass is 10.3. The maximum absolute atomic E-state index is 10.5. The van der Waals surface area contributed by atoms with E-state index in [1.165, 1.54) is 24.3 Å². The van der Waals surface area contributed by atoms with Crippen LogP contribution in [0.15, 0.2) is 24.3 Å². The van der Waals surface area contributed by atoms with E-state index >= 15 is 0 Å². The van der Waals surface area contributed by atoms with Crippen LogP contribution in [-0.2, 0) is 9.33 Å². The molecule has 1 rings (SSSR count). The molecule has 0 N–H and O–H groups in total. The number of hydrogen-bond donors (Lipinski definition) is 0. The largest absolute Gasteiger partial charge is 0.481 e. The van der Waals surface area contributed by atoms with Crippen LogP contribution in [0, 0.1) is 12.3 Å². The highest BCUT2D eigenvalue weighted by Gasteiger charge is 2.06. The second-order valence-electron chi connectivity index (χ2n) is 2.44. The van der Waals surface area contributed by atoms with E-state index in [0.717, 1.165) is 0 Å². The van der Waals surface area contributed by atoms with Gasteiger partial charge in [-0.05, 0) is 24.3 Å². The zero-order valence-electron chi connectivity index (χ0n) is 7.51. The number of halogens is 1. The van der Waals surface area contributed by atoms with Gasteiger partial charge in [-0.3, -0.25) is 0 Å². The van der Waals surface area contributed by atoms with Gasteiger partial charge in [0.2, 0.25) is 0 Å². The summed E-state index contributed by atoms with van der Waals surface area (Å²) in [4.78, 5) is 0. The molecule has 0 spiro atoms. The molecule has 0 saturated heterocycles. The Morgan fingerprint density at radius 3 is 2.27 bits per heavy atom. The lowest BCUT2D eigenvalue weighted by Gasteiger charge is -2.03. The van der Waals surface area contributed by atoms with E-state index < -0.39 is 9.33 Å². The van der Waals surface area contributed by atoms with Crippen molar-refractivity contribution in [3.63, 3.8) is 0 Å². The van der Waals surface area contributed by atoms with Crippen molar-refractivity contribution in [2.75, 3.05) is 6.61 Å². The molecule has 15 heavy (non-hydrogen) atoms. The lowest BCUT2D eigenvalue weighted by Crippen LogP contribution is -2.00. The zero-order valence-corrected chi connectivity index (χ0v) is 9.09. The molecule has 0 aliphatic carbocycles. The van der Waals surface area contributed by atoms with Gasteiger partial charge in [-0.15, -0.1) is 6.42 Å². The molecule has 0 heterocycles. The van der Waals surface area contributed by atoms with Gasteiger partial charge in [0.15, 0.2) is 0 Å². The van der Waals surface area contributed by atoms with E-state index in [1.807, 2.05) is 0 Å². The monoisotopic (exact) mass is 246 g/mol. The van der Waals surface area contributed by atoms with Gasteiger partial charge in [0.25, 0.3) is 0 Å². The van der Waals surface area contributed by atoms with E-state index in [1.54, 1.807) is 0 Å². The number of benzene rings is 1. The van der Waals surface area contributed by atoms with Crippen molar-refractivity contribution in [3.05, 3.63) is 24.3 Å². The van der Waals surface area contributed by atoms with Gasteiger partial charge in [-0.25, -0.2) is 0 Å². The number of terminal acetylenes is 1. The fraction of sp³-hybridized carbons (Fsp3) is 0.111. The fourth-order valence-electron chi connectivity index (χ4n) is 0.831. The first-order valence-electron chi connectivity index (χ1n) is 3.81. The van der Waals surface area contributed by atoms with E-state index in [2.05, 4.69) is 10.1 Å². The van der Waals surface area contributed by atoms with Crippen LogP contribution < -0.4 is 8.92 Å². The summed E-state index contributed by atoms with van der Waals surface area (Å²) in [6.07, 6.45) is 4.99. The average molecular weight is 247 g/mol. The van der Waals surface area contributed by atoms with E-state index in [0.29, 0.717) is 5.75 Å². The Hall–Kier alpha value is -1.38. The standard InChI is InChI=1S/C9H7ClO4S/c1-2-7-13-8-3-5-9(6-4-8)14-15(10,11)12/h1,3-6H,7H2. The molecule has 1 aromatic rings. The van der Waals surface area contributed by atoms with Crippen molar-refractivity contribution < 1.29 is 17.3 Å².